The summed E-state index contributed by atoms with van der Waals surface area (Å²) in [4.78, 5) is 23.9. The maximum atomic E-state index is 13.7. The third-order valence-corrected chi connectivity index (χ3v) is 5.01. The van der Waals surface area contributed by atoms with E-state index in [-0.39, 0.29) is 42.0 Å². The first-order valence-corrected chi connectivity index (χ1v) is 9.66. The number of rotatable bonds is 8. The number of thioether (sulfide) groups is 1. The molecule has 0 bridgehead atoms. The highest BCUT2D eigenvalue weighted by atomic mass is 32.2. The number of halogens is 1. The van der Waals surface area contributed by atoms with Gasteiger partial charge in [-0.1, -0.05) is 32.0 Å². The number of amides is 2. The second-order valence-corrected chi connectivity index (χ2v) is 7.75. The smallest absolute Gasteiger partial charge is 0.223 e. The predicted molar refractivity (Wildman–Crippen MR) is 98.2 cm³/mol. The van der Waals surface area contributed by atoms with Gasteiger partial charge in [0.2, 0.25) is 11.8 Å². The van der Waals surface area contributed by atoms with E-state index < -0.39 is 0 Å². The Balaban J connectivity index is 1.79. The van der Waals surface area contributed by atoms with Crippen LogP contribution < -0.4 is 16.0 Å². The Morgan fingerprint density at radius 3 is 2.88 bits per heavy atom. The summed E-state index contributed by atoms with van der Waals surface area (Å²) in [5, 5.41) is 8.97. The van der Waals surface area contributed by atoms with Gasteiger partial charge in [-0.15, -0.1) is 11.8 Å². The largest absolute Gasteiger partial charge is 0.356 e. The zero-order valence-corrected chi connectivity index (χ0v) is 15.5. The number of nitrogens with one attached hydrogen (secondary N) is 3. The van der Waals surface area contributed by atoms with Crippen molar-refractivity contribution < 1.29 is 14.0 Å². The van der Waals surface area contributed by atoms with E-state index >= 15 is 0 Å². The van der Waals surface area contributed by atoms with Crippen molar-refractivity contribution in [2.45, 2.75) is 50.4 Å². The topological polar surface area (TPSA) is 70.2 Å². The van der Waals surface area contributed by atoms with E-state index in [1.54, 1.807) is 18.2 Å². The predicted octanol–water partition coefficient (Wildman–Crippen LogP) is 2.37. The molecule has 0 saturated carbocycles. The molecule has 7 heteroatoms. The minimum atomic E-state index is -0.325. The zero-order valence-electron chi connectivity index (χ0n) is 14.7. The van der Waals surface area contributed by atoms with E-state index in [0.717, 1.165) is 6.42 Å². The van der Waals surface area contributed by atoms with Crippen LogP contribution >= 0.6 is 11.8 Å². The van der Waals surface area contributed by atoms with Crippen molar-refractivity contribution in [2.24, 2.45) is 5.92 Å². The van der Waals surface area contributed by atoms with Crippen molar-refractivity contribution >= 4 is 23.6 Å². The highest BCUT2D eigenvalue weighted by molar-refractivity contribution is 7.99. The first-order chi connectivity index (χ1) is 11.9. The van der Waals surface area contributed by atoms with Gasteiger partial charge >= 0.3 is 0 Å². The van der Waals surface area contributed by atoms with E-state index in [9.17, 15) is 14.0 Å². The molecule has 1 saturated heterocycles. The molecule has 1 aromatic carbocycles. The van der Waals surface area contributed by atoms with Gasteiger partial charge in [0, 0.05) is 31.2 Å². The van der Waals surface area contributed by atoms with Crippen molar-refractivity contribution in [1.82, 2.24) is 16.0 Å². The van der Waals surface area contributed by atoms with Crippen molar-refractivity contribution in [1.29, 1.82) is 0 Å². The minimum Gasteiger partial charge on any atom is -0.356 e. The molecule has 25 heavy (non-hydrogen) atoms. The molecule has 0 radical (unpaired) electrons. The van der Waals surface area contributed by atoms with Gasteiger partial charge in [-0.05, 0) is 24.0 Å². The van der Waals surface area contributed by atoms with E-state index in [1.807, 2.05) is 0 Å². The van der Waals surface area contributed by atoms with Crippen LogP contribution in [0.3, 0.4) is 0 Å². The molecule has 1 heterocycles. The monoisotopic (exact) mass is 367 g/mol. The van der Waals surface area contributed by atoms with Crippen LogP contribution in [0.1, 0.15) is 38.7 Å². The number of hydrogen-bond donors (Lipinski definition) is 3. The maximum absolute atomic E-state index is 13.7. The third-order valence-electron chi connectivity index (χ3n) is 3.95. The fourth-order valence-corrected chi connectivity index (χ4v) is 3.63. The average molecular weight is 367 g/mol. The van der Waals surface area contributed by atoms with Gasteiger partial charge in [0.15, 0.2) is 0 Å². The molecule has 1 aromatic rings. The summed E-state index contributed by atoms with van der Waals surface area (Å²) in [6.07, 6.45) is 1.47. The van der Waals surface area contributed by atoms with Gasteiger partial charge in [-0.3, -0.25) is 14.9 Å². The Bertz CT molecular complexity index is 597. The highest BCUT2D eigenvalue weighted by Crippen LogP contribution is 2.20. The van der Waals surface area contributed by atoms with Crippen molar-refractivity contribution in [3.8, 4) is 0 Å². The Morgan fingerprint density at radius 2 is 2.16 bits per heavy atom. The van der Waals surface area contributed by atoms with Crippen LogP contribution in [0.4, 0.5) is 4.39 Å². The van der Waals surface area contributed by atoms with Crippen molar-refractivity contribution in [3.05, 3.63) is 35.6 Å². The Labute approximate surface area is 152 Å². The van der Waals surface area contributed by atoms with E-state index in [0.29, 0.717) is 23.8 Å². The Hall–Kier alpha value is -1.60. The molecule has 0 aliphatic carbocycles. The van der Waals surface area contributed by atoms with E-state index in [4.69, 9.17) is 0 Å². The molecule has 1 aliphatic rings. The molecule has 1 fully saturated rings. The molecule has 2 rings (SSSR count). The van der Waals surface area contributed by atoms with Gasteiger partial charge in [0.1, 0.15) is 11.3 Å². The molecule has 2 atom stereocenters. The minimum absolute atomic E-state index is 0.0503. The highest BCUT2D eigenvalue weighted by Gasteiger charge is 2.27. The summed E-state index contributed by atoms with van der Waals surface area (Å²) in [5.74, 6) is 0.588. The van der Waals surface area contributed by atoms with Gasteiger partial charge in [-0.25, -0.2) is 4.39 Å². The lowest BCUT2D eigenvalue weighted by Gasteiger charge is -2.31. The summed E-state index contributed by atoms with van der Waals surface area (Å²) in [6, 6.07) is 6.39. The third kappa shape index (κ3) is 7.04. The molecule has 2 amide bonds. The Kier molecular flexibility index (Phi) is 7.71. The summed E-state index contributed by atoms with van der Waals surface area (Å²) < 4.78 is 13.7. The molecule has 1 aliphatic heterocycles. The molecule has 0 spiro atoms. The second-order valence-electron chi connectivity index (χ2n) is 6.65. The number of benzene rings is 1. The Morgan fingerprint density at radius 1 is 1.40 bits per heavy atom. The second kappa shape index (κ2) is 9.77. The SMILES string of the molecule is CC(C)CCNC(=O)CC1CC(=O)NC(SCc2ccccc2F)N1. The standard InChI is InChI=1S/C18H26FN3O2S/c1-12(2)7-8-20-16(23)9-14-10-17(24)22-18(21-14)25-11-13-5-3-4-6-15(13)19/h3-6,12,14,18,21H,7-11H2,1-2H3,(H,20,23)(H,22,24). The van der Waals surface area contributed by atoms with Crippen LogP contribution in [0.15, 0.2) is 24.3 Å². The maximum Gasteiger partial charge on any atom is 0.223 e. The quantitative estimate of drug-likeness (QED) is 0.660. The van der Waals surface area contributed by atoms with E-state index in [2.05, 4.69) is 29.8 Å². The molecular formula is C18H26FN3O2S. The summed E-state index contributed by atoms with van der Waals surface area (Å²) >= 11 is 1.41. The van der Waals surface area contributed by atoms with Crippen LogP contribution in [0, 0.1) is 11.7 Å². The average Bonchev–Trinajstić information content (AvgIpc) is 2.53. The first kappa shape index (κ1) is 19.7. The normalized spacial score (nSPS) is 20.4. The van der Waals surface area contributed by atoms with Crippen LogP contribution in [0.2, 0.25) is 0 Å². The van der Waals surface area contributed by atoms with Crippen LogP contribution in [-0.2, 0) is 15.3 Å². The number of carbonyl (C=O) groups excluding carboxylic acids is 2. The van der Waals surface area contributed by atoms with Crippen LogP contribution in [0.25, 0.3) is 0 Å². The van der Waals surface area contributed by atoms with Gasteiger partial charge in [0.05, 0.1) is 0 Å². The zero-order chi connectivity index (χ0) is 18.2. The number of carbonyl (C=O) groups is 2. The lowest BCUT2D eigenvalue weighted by atomic mass is 10.1. The molecule has 138 valence electrons. The summed E-state index contributed by atoms with van der Waals surface area (Å²) in [6.45, 7) is 4.87. The van der Waals surface area contributed by atoms with Crippen molar-refractivity contribution in [2.75, 3.05) is 6.54 Å². The van der Waals surface area contributed by atoms with E-state index in [1.165, 1.54) is 17.8 Å². The fourth-order valence-electron chi connectivity index (χ4n) is 2.55. The fraction of sp³-hybridized carbons (Fsp3) is 0.556. The lowest BCUT2D eigenvalue weighted by Crippen LogP contribution is -2.55. The molecule has 5 nitrogen and oxygen atoms in total. The van der Waals surface area contributed by atoms with Gasteiger partial charge in [-0.2, -0.15) is 0 Å². The van der Waals surface area contributed by atoms with Crippen LogP contribution in [0.5, 0.6) is 0 Å². The molecule has 0 aromatic heterocycles. The summed E-state index contributed by atoms with van der Waals surface area (Å²) in [7, 11) is 0. The first-order valence-electron chi connectivity index (χ1n) is 8.61. The number of hydrogen-bond acceptors (Lipinski definition) is 4. The molecule has 2 unspecified atom stereocenters. The molecular weight excluding hydrogens is 341 g/mol. The van der Waals surface area contributed by atoms with Gasteiger partial charge < -0.3 is 10.6 Å². The lowest BCUT2D eigenvalue weighted by molar-refractivity contribution is -0.125. The van der Waals surface area contributed by atoms with Crippen LogP contribution in [-0.4, -0.2) is 29.9 Å². The van der Waals surface area contributed by atoms with Gasteiger partial charge in [0.25, 0.3) is 0 Å². The summed E-state index contributed by atoms with van der Waals surface area (Å²) in [5.41, 5.74) is 0.270. The van der Waals surface area contributed by atoms with Crippen molar-refractivity contribution in [3.63, 3.8) is 0 Å². The molecule has 3 N–H and O–H groups in total.